The minimum atomic E-state index is -1.66. The van der Waals surface area contributed by atoms with E-state index in [4.69, 9.17) is 11.8 Å². The van der Waals surface area contributed by atoms with E-state index in [0.29, 0.717) is 0 Å². The molecule has 0 N–H and O–H groups in total. The van der Waals surface area contributed by atoms with E-state index in [1.165, 1.54) is 5.57 Å². The van der Waals surface area contributed by atoms with E-state index in [0.717, 1.165) is 29.9 Å². The molecule has 0 fully saturated rings. The molecule has 0 bridgehead atoms. The minimum absolute atomic E-state index is 0.181. The first kappa shape index (κ1) is 12.9. The Bertz CT molecular complexity index is 390. The van der Waals surface area contributed by atoms with E-state index < -0.39 is 6.04 Å². The summed E-state index contributed by atoms with van der Waals surface area (Å²) in [5, 5.41) is 0.962. The number of Topliss-reactive ketones (excluding diaryl/α,β-unsaturated/α-hetero) is 1. The third-order valence-corrected chi connectivity index (χ3v) is 7.51. The largest absolute Gasteiger partial charge is 0.294 e. The third-order valence-electron chi connectivity index (χ3n) is 2.90. The Hall–Kier alpha value is -0.200. The number of hydrogen-bond donors (Lipinski definition) is 0. The lowest BCUT2D eigenvalue weighted by molar-refractivity contribution is -0.113. The zero-order valence-corrected chi connectivity index (χ0v) is 11.7. The summed E-state index contributed by atoms with van der Waals surface area (Å²) in [4.78, 5) is 11.7. The quantitative estimate of drug-likeness (QED) is 0.692. The van der Waals surface area contributed by atoms with Crippen molar-refractivity contribution < 1.29 is 4.79 Å². The number of carbonyl (C=O) groups is 1. The first-order chi connectivity index (χ1) is 6.92. The van der Waals surface area contributed by atoms with Crippen LogP contribution in [0.2, 0.25) is 0 Å². The molecule has 0 radical (unpaired) electrons. The van der Waals surface area contributed by atoms with Gasteiger partial charge in [-0.3, -0.25) is 4.79 Å². The van der Waals surface area contributed by atoms with Crippen LogP contribution in [0.3, 0.4) is 0 Å². The average molecular weight is 242 g/mol. The highest BCUT2D eigenvalue weighted by Crippen LogP contribution is 2.63. The van der Waals surface area contributed by atoms with Crippen molar-refractivity contribution in [1.82, 2.24) is 0 Å². The molecule has 0 aromatic carbocycles. The van der Waals surface area contributed by atoms with Crippen molar-refractivity contribution in [2.24, 2.45) is 0 Å². The molecule has 0 aliphatic carbocycles. The van der Waals surface area contributed by atoms with Crippen molar-refractivity contribution in [2.75, 3.05) is 6.16 Å². The molecule has 15 heavy (non-hydrogen) atoms. The van der Waals surface area contributed by atoms with Crippen molar-refractivity contribution in [3.05, 3.63) is 22.3 Å². The van der Waals surface area contributed by atoms with Crippen molar-refractivity contribution in [3.8, 4) is 0 Å². The Morgan fingerprint density at radius 1 is 1.47 bits per heavy atom. The van der Waals surface area contributed by atoms with Crippen LogP contribution in [0.15, 0.2) is 22.3 Å². The number of carbonyl (C=O) groups excluding carboxylic acids is 1. The van der Waals surface area contributed by atoms with Crippen molar-refractivity contribution in [1.29, 1.82) is 0 Å². The predicted molar refractivity (Wildman–Crippen MR) is 71.2 cm³/mol. The summed E-state index contributed by atoms with van der Waals surface area (Å²) in [5.41, 5.74) is 2.36. The summed E-state index contributed by atoms with van der Waals surface area (Å²) in [6, 6.07) is -1.66. The third kappa shape index (κ3) is 2.49. The van der Waals surface area contributed by atoms with Gasteiger partial charge in [0.2, 0.25) is 0 Å². The Labute approximate surface area is 97.7 Å². The second-order valence-electron chi connectivity index (χ2n) is 4.21. The van der Waals surface area contributed by atoms with Crippen LogP contribution in [0.1, 0.15) is 40.5 Å². The topological polar surface area (TPSA) is 17.1 Å². The van der Waals surface area contributed by atoms with Crippen LogP contribution in [0.25, 0.3) is 0 Å². The van der Waals surface area contributed by atoms with Gasteiger partial charge in [-0.2, -0.15) is 0 Å². The maximum atomic E-state index is 11.7. The lowest BCUT2D eigenvalue weighted by Crippen LogP contribution is -1.99. The fourth-order valence-corrected chi connectivity index (χ4v) is 7.07. The highest BCUT2D eigenvalue weighted by Gasteiger charge is 2.30. The fourth-order valence-electron chi connectivity index (χ4n) is 2.04. The van der Waals surface area contributed by atoms with E-state index in [-0.39, 0.29) is 5.78 Å². The van der Waals surface area contributed by atoms with Gasteiger partial charge in [0.25, 0.3) is 0 Å². The lowest BCUT2D eigenvalue weighted by atomic mass is 10.1. The van der Waals surface area contributed by atoms with Crippen molar-refractivity contribution in [2.45, 2.75) is 40.5 Å². The molecule has 84 valence electrons. The van der Waals surface area contributed by atoms with E-state index in [1.807, 2.05) is 6.92 Å². The second kappa shape index (κ2) is 4.76. The molecule has 1 unspecified atom stereocenters. The van der Waals surface area contributed by atoms with Crippen LogP contribution >= 0.6 is 6.04 Å². The molecule has 1 aliphatic rings. The smallest absolute Gasteiger partial charge is 0.161 e. The molecule has 0 aromatic rings. The summed E-state index contributed by atoms with van der Waals surface area (Å²) < 4.78 is 0. The van der Waals surface area contributed by atoms with Gasteiger partial charge < -0.3 is 0 Å². The molecular formula is C12H19OPS. The zero-order chi connectivity index (χ0) is 11.6. The number of rotatable bonds is 4. The van der Waals surface area contributed by atoms with Crippen LogP contribution < -0.4 is 0 Å². The first-order valence-corrected chi connectivity index (χ1v) is 8.49. The number of allylic oxidation sites excluding steroid dienone is 3. The summed E-state index contributed by atoms with van der Waals surface area (Å²) in [7, 11) is 0. The van der Waals surface area contributed by atoms with E-state index in [2.05, 4.69) is 19.7 Å². The summed E-state index contributed by atoms with van der Waals surface area (Å²) >= 11 is 5.74. The highest BCUT2D eigenvalue weighted by molar-refractivity contribution is 8.18. The monoisotopic (exact) mass is 242 g/mol. The highest BCUT2D eigenvalue weighted by atomic mass is 32.4. The maximum absolute atomic E-state index is 11.7. The van der Waals surface area contributed by atoms with Gasteiger partial charge in [-0.1, -0.05) is 25.2 Å². The van der Waals surface area contributed by atoms with E-state index >= 15 is 0 Å². The number of hydrogen-bond acceptors (Lipinski definition) is 2. The number of unbranched alkanes of at least 4 members (excludes halogenated alkanes) is 1. The van der Waals surface area contributed by atoms with Crippen LogP contribution in [0.4, 0.5) is 0 Å². The molecule has 0 saturated heterocycles. The Balaban J connectivity index is 3.11. The molecule has 3 heteroatoms. The van der Waals surface area contributed by atoms with Gasteiger partial charge in [0.15, 0.2) is 5.78 Å². The molecule has 1 atom stereocenters. The van der Waals surface area contributed by atoms with Gasteiger partial charge in [0.1, 0.15) is 0 Å². The molecule has 0 aromatic heterocycles. The lowest BCUT2D eigenvalue weighted by Gasteiger charge is -2.16. The minimum Gasteiger partial charge on any atom is -0.294 e. The van der Waals surface area contributed by atoms with Crippen LogP contribution in [-0.4, -0.2) is 11.9 Å². The molecule has 1 nitrogen and oxygen atoms in total. The van der Waals surface area contributed by atoms with Crippen molar-refractivity contribution >= 4 is 23.6 Å². The van der Waals surface area contributed by atoms with Gasteiger partial charge in [0, 0.05) is 11.4 Å². The zero-order valence-electron chi connectivity index (χ0n) is 9.96. The molecule has 1 aliphatic heterocycles. The summed E-state index contributed by atoms with van der Waals surface area (Å²) in [5.74, 6) is 2.38. The summed E-state index contributed by atoms with van der Waals surface area (Å²) in [6.45, 7) is 7.91. The van der Waals surface area contributed by atoms with E-state index in [1.54, 1.807) is 6.92 Å². The molecular weight excluding hydrogens is 223 g/mol. The SMILES string of the molecule is CCCCP1(=S)C=C(C)C(C)=C1C(C)=O. The molecule has 0 saturated carbocycles. The standard InChI is InChI=1S/C12H19OPS/c1-5-6-7-14(15)8-9(2)10(3)12(14)11(4)13/h8H,5-7H2,1-4H3. The van der Waals surface area contributed by atoms with Gasteiger partial charge in [-0.25, -0.2) is 0 Å². The Morgan fingerprint density at radius 2 is 2.07 bits per heavy atom. The summed E-state index contributed by atoms with van der Waals surface area (Å²) in [6.07, 6.45) is 3.29. The Morgan fingerprint density at radius 3 is 2.53 bits per heavy atom. The van der Waals surface area contributed by atoms with Crippen LogP contribution in [0.5, 0.6) is 0 Å². The van der Waals surface area contributed by atoms with E-state index in [9.17, 15) is 4.79 Å². The van der Waals surface area contributed by atoms with Gasteiger partial charge >= 0.3 is 0 Å². The molecule has 0 amide bonds. The average Bonchev–Trinajstić information content (AvgIpc) is 2.35. The predicted octanol–water partition coefficient (Wildman–Crippen LogP) is 4.05. The number of ketones is 1. The fraction of sp³-hybridized carbons (Fsp3) is 0.583. The van der Waals surface area contributed by atoms with Gasteiger partial charge in [-0.05, 0) is 50.3 Å². The maximum Gasteiger partial charge on any atom is 0.161 e. The van der Waals surface area contributed by atoms with Gasteiger partial charge in [-0.15, -0.1) is 0 Å². The second-order valence-corrected chi connectivity index (χ2v) is 8.91. The van der Waals surface area contributed by atoms with Crippen molar-refractivity contribution in [3.63, 3.8) is 0 Å². The normalized spacial score (nSPS) is 25.7. The Kier molecular flexibility index (Phi) is 4.08. The first-order valence-electron chi connectivity index (χ1n) is 5.43. The molecule has 0 spiro atoms. The van der Waals surface area contributed by atoms with Gasteiger partial charge in [0.05, 0.1) is 0 Å². The van der Waals surface area contributed by atoms with Crippen LogP contribution in [0, 0.1) is 0 Å². The van der Waals surface area contributed by atoms with Crippen LogP contribution in [-0.2, 0) is 16.6 Å². The molecule has 1 heterocycles. The molecule has 1 rings (SSSR count).